The van der Waals surface area contributed by atoms with Crippen molar-refractivity contribution in [1.82, 2.24) is 9.80 Å². The predicted molar refractivity (Wildman–Crippen MR) is 87.2 cm³/mol. The lowest BCUT2D eigenvalue weighted by atomic mass is 10.2. The predicted octanol–water partition coefficient (Wildman–Crippen LogP) is 2.05. The lowest BCUT2D eigenvalue weighted by Crippen LogP contribution is -2.48. The van der Waals surface area contributed by atoms with E-state index in [9.17, 15) is 9.59 Å². The molecule has 1 fully saturated rings. The topological polar surface area (TPSA) is 49.9 Å². The number of methoxy groups -OCH3 is 1. The number of ether oxygens (including phenoxy) is 1. The Labute approximate surface area is 139 Å². The van der Waals surface area contributed by atoms with Gasteiger partial charge < -0.3 is 9.64 Å². The van der Waals surface area contributed by atoms with Crippen LogP contribution in [0.5, 0.6) is 0 Å². The van der Waals surface area contributed by atoms with E-state index >= 15 is 0 Å². The molecule has 5 nitrogen and oxygen atoms in total. The summed E-state index contributed by atoms with van der Waals surface area (Å²) in [5.41, 5.74) is 1.26. The molecule has 1 amide bonds. The highest BCUT2D eigenvalue weighted by molar-refractivity contribution is 9.10. The van der Waals surface area contributed by atoms with Crippen LogP contribution in [0, 0.1) is 0 Å². The van der Waals surface area contributed by atoms with E-state index in [0.29, 0.717) is 13.1 Å². The molecular formula is C16H21BrN2O3. The zero-order valence-corrected chi connectivity index (χ0v) is 14.3. The van der Waals surface area contributed by atoms with E-state index in [4.69, 9.17) is 0 Å². The highest BCUT2D eigenvalue weighted by atomic mass is 79.9. The summed E-state index contributed by atoms with van der Waals surface area (Å²) in [5, 5.41) is 0. The van der Waals surface area contributed by atoms with E-state index in [0.717, 1.165) is 24.1 Å². The number of amides is 1. The zero-order chi connectivity index (χ0) is 15.9. The van der Waals surface area contributed by atoms with Gasteiger partial charge in [-0.25, -0.2) is 0 Å². The van der Waals surface area contributed by atoms with E-state index in [2.05, 4.69) is 37.7 Å². The van der Waals surface area contributed by atoms with Crippen LogP contribution in [0.4, 0.5) is 0 Å². The molecule has 1 aliphatic rings. The lowest BCUT2D eigenvalue weighted by Gasteiger charge is -2.34. The zero-order valence-electron chi connectivity index (χ0n) is 12.8. The Morgan fingerprint density at radius 2 is 1.91 bits per heavy atom. The van der Waals surface area contributed by atoms with Crippen LogP contribution in [0.15, 0.2) is 28.7 Å². The van der Waals surface area contributed by atoms with Gasteiger partial charge in [0.15, 0.2) is 0 Å². The van der Waals surface area contributed by atoms with Gasteiger partial charge in [-0.15, -0.1) is 0 Å². The monoisotopic (exact) mass is 368 g/mol. The Morgan fingerprint density at radius 3 is 2.55 bits per heavy atom. The molecule has 1 heterocycles. The second-order valence-electron chi connectivity index (χ2n) is 5.36. The quantitative estimate of drug-likeness (QED) is 0.746. The summed E-state index contributed by atoms with van der Waals surface area (Å²) in [7, 11) is 1.34. The molecule has 0 unspecified atom stereocenters. The highest BCUT2D eigenvalue weighted by Gasteiger charge is 2.21. The Bertz CT molecular complexity index is 528. The first kappa shape index (κ1) is 17.0. The van der Waals surface area contributed by atoms with E-state index in [1.54, 1.807) is 0 Å². The third kappa shape index (κ3) is 5.10. The van der Waals surface area contributed by atoms with Crippen molar-refractivity contribution in [2.45, 2.75) is 19.4 Å². The molecule has 120 valence electrons. The second-order valence-corrected chi connectivity index (χ2v) is 6.28. The third-order valence-corrected chi connectivity index (χ3v) is 4.28. The van der Waals surface area contributed by atoms with Gasteiger partial charge >= 0.3 is 5.97 Å². The minimum atomic E-state index is -0.332. The molecule has 6 heteroatoms. The first-order valence-electron chi connectivity index (χ1n) is 7.40. The Kier molecular flexibility index (Phi) is 6.39. The van der Waals surface area contributed by atoms with Gasteiger partial charge in [-0.2, -0.15) is 0 Å². The number of hydrogen-bond acceptors (Lipinski definition) is 4. The molecule has 1 aromatic rings. The molecule has 1 saturated heterocycles. The van der Waals surface area contributed by atoms with Gasteiger partial charge in [-0.1, -0.05) is 28.1 Å². The van der Waals surface area contributed by atoms with Crippen LogP contribution in [0.25, 0.3) is 0 Å². The third-order valence-electron chi connectivity index (χ3n) is 3.79. The smallest absolute Gasteiger partial charge is 0.306 e. The molecule has 0 spiro atoms. The average Bonchev–Trinajstić information content (AvgIpc) is 2.53. The summed E-state index contributed by atoms with van der Waals surface area (Å²) in [6.45, 7) is 4.04. The van der Waals surface area contributed by atoms with Gasteiger partial charge in [0.1, 0.15) is 0 Å². The van der Waals surface area contributed by atoms with Crippen molar-refractivity contribution in [2.24, 2.45) is 0 Å². The molecule has 22 heavy (non-hydrogen) atoms. The highest BCUT2D eigenvalue weighted by Crippen LogP contribution is 2.15. The molecule has 1 aromatic carbocycles. The molecule has 0 saturated carbocycles. The standard InChI is InChI=1S/C16H21BrN2O3/c1-22-16(21)6-5-15(20)19-9-7-18(8-10-19)12-13-3-2-4-14(17)11-13/h2-4,11H,5-10,12H2,1H3. The van der Waals surface area contributed by atoms with Gasteiger partial charge in [0.25, 0.3) is 0 Å². The molecule has 0 aliphatic carbocycles. The number of carbonyl (C=O) groups is 2. The van der Waals surface area contributed by atoms with Crippen LogP contribution < -0.4 is 0 Å². The summed E-state index contributed by atoms with van der Waals surface area (Å²) < 4.78 is 5.64. The summed E-state index contributed by atoms with van der Waals surface area (Å²) in [6, 6.07) is 8.28. The average molecular weight is 369 g/mol. The second kappa shape index (κ2) is 8.29. The normalized spacial score (nSPS) is 15.6. The maximum Gasteiger partial charge on any atom is 0.306 e. The number of benzene rings is 1. The molecule has 0 aromatic heterocycles. The largest absolute Gasteiger partial charge is 0.469 e. The first-order valence-corrected chi connectivity index (χ1v) is 8.19. The van der Waals surface area contributed by atoms with Gasteiger partial charge in [0.05, 0.1) is 13.5 Å². The van der Waals surface area contributed by atoms with Crippen molar-refractivity contribution < 1.29 is 14.3 Å². The summed E-state index contributed by atoms with van der Waals surface area (Å²) >= 11 is 3.48. The van der Waals surface area contributed by atoms with Crippen LogP contribution in [0.2, 0.25) is 0 Å². The van der Waals surface area contributed by atoms with Crippen molar-refractivity contribution >= 4 is 27.8 Å². The number of halogens is 1. The maximum absolute atomic E-state index is 12.0. The van der Waals surface area contributed by atoms with E-state index in [-0.39, 0.29) is 24.7 Å². The van der Waals surface area contributed by atoms with Crippen molar-refractivity contribution in [3.05, 3.63) is 34.3 Å². The van der Waals surface area contributed by atoms with Crippen LogP contribution in [-0.2, 0) is 20.9 Å². The minimum Gasteiger partial charge on any atom is -0.469 e. The molecule has 0 bridgehead atoms. The summed E-state index contributed by atoms with van der Waals surface area (Å²) in [6.07, 6.45) is 0.395. The van der Waals surface area contributed by atoms with Gasteiger partial charge in [0.2, 0.25) is 5.91 Å². The fourth-order valence-corrected chi connectivity index (χ4v) is 2.96. The number of hydrogen-bond donors (Lipinski definition) is 0. The van der Waals surface area contributed by atoms with Crippen molar-refractivity contribution in [3.63, 3.8) is 0 Å². The molecule has 0 radical (unpaired) electrons. The van der Waals surface area contributed by atoms with Gasteiger partial charge in [-0.05, 0) is 17.7 Å². The first-order chi connectivity index (χ1) is 10.6. The Morgan fingerprint density at radius 1 is 1.18 bits per heavy atom. The number of piperazine rings is 1. The SMILES string of the molecule is COC(=O)CCC(=O)N1CCN(Cc2cccc(Br)c2)CC1. The number of nitrogens with zero attached hydrogens (tertiary/aromatic N) is 2. The van der Waals surface area contributed by atoms with Crippen molar-refractivity contribution in [2.75, 3.05) is 33.3 Å². The Hall–Kier alpha value is -1.40. The molecular weight excluding hydrogens is 348 g/mol. The minimum absolute atomic E-state index is 0.0347. The van der Waals surface area contributed by atoms with Crippen LogP contribution in [0.1, 0.15) is 18.4 Å². The number of esters is 1. The van der Waals surface area contributed by atoms with Crippen LogP contribution in [-0.4, -0.2) is 55.0 Å². The van der Waals surface area contributed by atoms with Gasteiger partial charge in [0, 0.05) is 43.6 Å². The van der Waals surface area contributed by atoms with Crippen molar-refractivity contribution in [3.8, 4) is 0 Å². The molecule has 1 aliphatic heterocycles. The molecule has 0 atom stereocenters. The van der Waals surface area contributed by atoms with Crippen LogP contribution >= 0.6 is 15.9 Å². The van der Waals surface area contributed by atoms with E-state index in [1.807, 2.05) is 17.0 Å². The fraction of sp³-hybridized carbons (Fsp3) is 0.500. The molecule has 0 N–H and O–H groups in total. The van der Waals surface area contributed by atoms with Crippen LogP contribution in [0.3, 0.4) is 0 Å². The van der Waals surface area contributed by atoms with Gasteiger partial charge in [-0.3, -0.25) is 14.5 Å². The lowest BCUT2D eigenvalue weighted by molar-refractivity contribution is -0.144. The fourth-order valence-electron chi connectivity index (χ4n) is 2.52. The van der Waals surface area contributed by atoms with E-state index in [1.165, 1.54) is 12.7 Å². The van der Waals surface area contributed by atoms with E-state index < -0.39 is 0 Å². The summed E-state index contributed by atoms with van der Waals surface area (Å²) in [4.78, 5) is 27.3. The summed E-state index contributed by atoms with van der Waals surface area (Å²) in [5.74, 6) is -0.297. The maximum atomic E-state index is 12.0. The number of carbonyl (C=O) groups excluding carboxylic acids is 2. The Balaban J connectivity index is 1.75. The van der Waals surface area contributed by atoms with Crippen molar-refractivity contribution in [1.29, 1.82) is 0 Å². The molecule has 2 rings (SSSR count). The number of rotatable bonds is 5.